The molecule has 0 aliphatic carbocycles. The Morgan fingerprint density at radius 1 is 1.43 bits per heavy atom. The third-order valence-electron chi connectivity index (χ3n) is 3.50. The molecule has 0 atom stereocenters. The number of nitrogens with one attached hydrogen (secondary N) is 1. The molecule has 2 rings (SSSR count). The van der Waals surface area contributed by atoms with Crippen LogP contribution in [0.1, 0.15) is 33.4 Å². The van der Waals surface area contributed by atoms with Gasteiger partial charge in [0.1, 0.15) is 5.82 Å². The molecule has 118 valence electrons. The van der Waals surface area contributed by atoms with Crippen molar-refractivity contribution < 1.29 is 0 Å². The summed E-state index contributed by atoms with van der Waals surface area (Å²) in [6.07, 6.45) is 0. The maximum absolute atomic E-state index is 6.28. The lowest BCUT2D eigenvalue weighted by molar-refractivity contribution is 0.547. The molecule has 0 bridgehead atoms. The summed E-state index contributed by atoms with van der Waals surface area (Å²) in [7, 11) is 0. The quantitative estimate of drug-likeness (QED) is 0.890. The van der Waals surface area contributed by atoms with Gasteiger partial charge in [0.05, 0.1) is 10.7 Å². The highest BCUT2D eigenvalue weighted by Crippen LogP contribution is 2.32. The minimum absolute atomic E-state index is 0.287. The second-order valence-corrected chi connectivity index (χ2v) is 8.86. The number of nitrogens with zero attached hydrogens (tertiary/aromatic N) is 2. The van der Waals surface area contributed by atoms with Crippen LogP contribution in [-0.2, 0) is 6.54 Å². The number of rotatable bonds is 5. The van der Waals surface area contributed by atoms with E-state index in [4.69, 9.17) is 16.6 Å². The van der Waals surface area contributed by atoms with E-state index in [9.17, 15) is 0 Å². The molecule has 0 unspecified atom stereocenters. The number of thioether (sulfide) groups is 1. The molecule has 1 aliphatic heterocycles. The van der Waals surface area contributed by atoms with Gasteiger partial charge in [-0.3, -0.25) is 0 Å². The Kier molecular flexibility index (Phi) is 5.81. The average molecular weight is 328 g/mol. The lowest BCUT2D eigenvalue weighted by atomic mass is 10.2. The van der Waals surface area contributed by atoms with E-state index in [1.54, 1.807) is 0 Å². The van der Waals surface area contributed by atoms with Crippen LogP contribution in [0, 0.1) is 5.92 Å². The third-order valence-corrected chi connectivity index (χ3v) is 5.14. The molecule has 1 aromatic rings. The van der Waals surface area contributed by atoms with Gasteiger partial charge in [-0.15, -0.1) is 0 Å². The van der Waals surface area contributed by atoms with Crippen molar-refractivity contribution in [1.29, 1.82) is 0 Å². The first kappa shape index (κ1) is 16.9. The van der Waals surface area contributed by atoms with Crippen molar-refractivity contribution in [2.75, 3.05) is 30.3 Å². The zero-order chi connectivity index (χ0) is 15.5. The smallest absolute Gasteiger partial charge is 0.129 e. The Morgan fingerprint density at radius 2 is 2.19 bits per heavy atom. The van der Waals surface area contributed by atoms with E-state index < -0.39 is 0 Å². The van der Waals surface area contributed by atoms with Crippen LogP contribution in [0.2, 0.25) is 5.02 Å². The topological polar surface area (TPSA) is 28.2 Å². The van der Waals surface area contributed by atoms with Crippen LogP contribution >= 0.6 is 23.4 Å². The molecule has 1 saturated heterocycles. The fourth-order valence-electron chi connectivity index (χ4n) is 2.46. The molecule has 1 aliphatic rings. The van der Waals surface area contributed by atoms with Crippen molar-refractivity contribution in [3.05, 3.63) is 22.8 Å². The van der Waals surface area contributed by atoms with Gasteiger partial charge in [0, 0.05) is 30.1 Å². The Hall–Kier alpha value is -0.450. The molecule has 3 nitrogen and oxygen atoms in total. The van der Waals surface area contributed by atoms with Gasteiger partial charge in [-0.1, -0.05) is 25.4 Å². The molecule has 1 N–H and O–H groups in total. The van der Waals surface area contributed by atoms with Crippen LogP contribution in [0.3, 0.4) is 0 Å². The summed E-state index contributed by atoms with van der Waals surface area (Å²) >= 11 is 8.32. The van der Waals surface area contributed by atoms with Crippen molar-refractivity contribution in [1.82, 2.24) is 10.3 Å². The van der Waals surface area contributed by atoms with E-state index in [0.29, 0.717) is 5.92 Å². The second-order valence-electron chi connectivity index (χ2n) is 6.65. The summed E-state index contributed by atoms with van der Waals surface area (Å²) in [6.45, 7) is 12.8. The highest BCUT2D eigenvalue weighted by atomic mass is 35.5. The van der Waals surface area contributed by atoms with Gasteiger partial charge in [0.25, 0.3) is 0 Å². The molecule has 0 saturated carbocycles. The van der Waals surface area contributed by atoms with E-state index in [1.807, 2.05) is 23.9 Å². The highest BCUT2D eigenvalue weighted by Gasteiger charge is 2.27. The number of hydrogen-bond acceptors (Lipinski definition) is 4. The van der Waals surface area contributed by atoms with E-state index >= 15 is 0 Å². The Balaban J connectivity index is 2.07. The molecule has 0 aromatic carbocycles. The van der Waals surface area contributed by atoms with Crippen molar-refractivity contribution >= 4 is 29.2 Å². The molecule has 21 heavy (non-hydrogen) atoms. The first-order valence-electron chi connectivity index (χ1n) is 7.62. The SMILES string of the molecule is CC(C)CNCc1nc(N2CCSC(C)(C)C2)ccc1Cl. The third kappa shape index (κ3) is 5.04. The van der Waals surface area contributed by atoms with Crippen LogP contribution in [0.5, 0.6) is 0 Å². The largest absolute Gasteiger partial charge is 0.354 e. The van der Waals surface area contributed by atoms with E-state index in [-0.39, 0.29) is 4.75 Å². The molecule has 0 amide bonds. The Labute approximate surface area is 137 Å². The Bertz CT molecular complexity index is 477. The van der Waals surface area contributed by atoms with Crippen LogP contribution in [0.15, 0.2) is 12.1 Å². The molecule has 2 heterocycles. The standard InChI is InChI=1S/C16H26ClN3S/c1-12(2)9-18-10-14-13(17)5-6-15(19-14)20-7-8-21-16(3,4)11-20/h5-6,12,18H,7-11H2,1-4H3. The van der Waals surface area contributed by atoms with Gasteiger partial charge in [0.15, 0.2) is 0 Å². The summed E-state index contributed by atoms with van der Waals surface area (Å²) in [6, 6.07) is 4.02. The van der Waals surface area contributed by atoms with Crippen molar-refractivity contribution in [2.45, 2.75) is 39.0 Å². The first-order valence-corrected chi connectivity index (χ1v) is 8.99. The first-order chi connectivity index (χ1) is 9.87. The van der Waals surface area contributed by atoms with Gasteiger partial charge in [-0.25, -0.2) is 4.98 Å². The normalized spacial score (nSPS) is 18.3. The van der Waals surface area contributed by atoms with Crippen LogP contribution in [-0.4, -0.2) is 35.1 Å². The number of aromatic nitrogens is 1. The van der Waals surface area contributed by atoms with Gasteiger partial charge < -0.3 is 10.2 Å². The number of halogens is 1. The summed E-state index contributed by atoms with van der Waals surface area (Å²) in [4.78, 5) is 7.15. The zero-order valence-electron chi connectivity index (χ0n) is 13.4. The zero-order valence-corrected chi connectivity index (χ0v) is 15.0. The van der Waals surface area contributed by atoms with Crippen molar-refractivity contribution in [2.24, 2.45) is 5.92 Å². The lowest BCUT2D eigenvalue weighted by Crippen LogP contribution is -2.43. The molecule has 0 radical (unpaired) electrons. The van der Waals surface area contributed by atoms with E-state index in [0.717, 1.165) is 48.5 Å². The second kappa shape index (κ2) is 7.21. The minimum atomic E-state index is 0.287. The number of anilines is 1. The molecule has 5 heteroatoms. The minimum Gasteiger partial charge on any atom is -0.354 e. The van der Waals surface area contributed by atoms with E-state index in [1.165, 1.54) is 0 Å². The maximum Gasteiger partial charge on any atom is 0.129 e. The van der Waals surface area contributed by atoms with Crippen LogP contribution in [0.4, 0.5) is 5.82 Å². The van der Waals surface area contributed by atoms with Crippen molar-refractivity contribution in [3.63, 3.8) is 0 Å². The maximum atomic E-state index is 6.28. The fraction of sp³-hybridized carbons (Fsp3) is 0.688. The monoisotopic (exact) mass is 327 g/mol. The van der Waals surface area contributed by atoms with Gasteiger partial charge in [-0.05, 0) is 38.4 Å². The number of pyridine rings is 1. The van der Waals surface area contributed by atoms with Gasteiger partial charge >= 0.3 is 0 Å². The van der Waals surface area contributed by atoms with Crippen LogP contribution < -0.4 is 10.2 Å². The highest BCUT2D eigenvalue weighted by molar-refractivity contribution is 8.00. The van der Waals surface area contributed by atoms with Crippen molar-refractivity contribution in [3.8, 4) is 0 Å². The summed E-state index contributed by atoms with van der Waals surface area (Å²) in [5.41, 5.74) is 0.950. The molecule has 0 spiro atoms. The lowest BCUT2D eigenvalue weighted by Gasteiger charge is -2.38. The summed E-state index contributed by atoms with van der Waals surface area (Å²) in [5.74, 6) is 2.83. The summed E-state index contributed by atoms with van der Waals surface area (Å²) < 4.78 is 0.287. The predicted octanol–water partition coefficient (Wildman–Crippen LogP) is 3.81. The predicted molar refractivity (Wildman–Crippen MR) is 94.5 cm³/mol. The molecule has 1 aromatic heterocycles. The average Bonchev–Trinajstić information content (AvgIpc) is 2.39. The van der Waals surface area contributed by atoms with E-state index in [2.05, 4.69) is 37.9 Å². The van der Waals surface area contributed by atoms with Crippen LogP contribution in [0.25, 0.3) is 0 Å². The number of hydrogen-bond donors (Lipinski definition) is 1. The fourth-order valence-corrected chi connectivity index (χ4v) is 3.75. The van der Waals surface area contributed by atoms with Gasteiger partial charge in [-0.2, -0.15) is 11.8 Å². The molecule has 1 fully saturated rings. The Morgan fingerprint density at radius 3 is 2.86 bits per heavy atom. The van der Waals surface area contributed by atoms with Gasteiger partial charge in [0.2, 0.25) is 0 Å². The molecular formula is C16H26ClN3S. The summed E-state index contributed by atoms with van der Waals surface area (Å²) in [5, 5.41) is 4.17. The molecular weight excluding hydrogens is 302 g/mol.